The van der Waals surface area contributed by atoms with Crippen molar-refractivity contribution in [3.8, 4) is 5.88 Å². The third-order valence-corrected chi connectivity index (χ3v) is 4.87. The third-order valence-electron chi connectivity index (χ3n) is 4.87. The second-order valence-electron chi connectivity index (χ2n) is 6.58. The normalized spacial score (nSPS) is 19.9. The molecule has 2 aliphatic rings. The van der Waals surface area contributed by atoms with Crippen molar-refractivity contribution in [1.29, 1.82) is 0 Å². The van der Waals surface area contributed by atoms with Gasteiger partial charge in [-0.1, -0.05) is 0 Å². The van der Waals surface area contributed by atoms with E-state index in [-0.39, 0.29) is 12.0 Å². The van der Waals surface area contributed by atoms with Crippen molar-refractivity contribution in [2.45, 2.75) is 31.8 Å². The van der Waals surface area contributed by atoms with Gasteiger partial charge in [-0.3, -0.25) is 9.69 Å². The summed E-state index contributed by atoms with van der Waals surface area (Å²) < 4.78 is 7.73. The molecule has 0 aliphatic carbocycles. The largest absolute Gasteiger partial charge is 0.474 e. The van der Waals surface area contributed by atoms with Crippen LogP contribution in [0.4, 0.5) is 0 Å². The molecule has 4 heterocycles. The molecule has 0 saturated carbocycles. The summed E-state index contributed by atoms with van der Waals surface area (Å²) in [7, 11) is 0. The molecule has 7 nitrogen and oxygen atoms in total. The van der Waals surface area contributed by atoms with Crippen LogP contribution in [0.25, 0.3) is 5.65 Å². The molecule has 2 fully saturated rings. The van der Waals surface area contributed by atoms with Crippen LogP contribution in [-0.4, -0.2) is 69.1 Å². The minimum atomic E-state index is 0.168. The molecule has 4 rings (SSSR count). The molecular formula is C17H23N5O2. The van der Waals surface area contributed by atoms with E-state index in [1.807, 2.05) is 23.2 Å². The van der Waals surface area contributed by atoms with E-state index in [1.165, 1.54) is 0 Å². The van der Waals surface area contributed by atoms with Crippen molar-refractivity contribution in [2.75, 3.05) is 32.7 Å². The molecule has 128 valence electrons. The molecule has 0 bridgehead atoms. The number of amides is 1. The number of ether oxygens (including phenoxy) is 1. The molecule has 7 heteroatoms. The van der Waals surface area contributed by atoms with Crippen LogP contribution in [-0.2, 0) is 4.79 Å². The summed E-state index contributed by atoms with van der Waals surface area (Å²) in [5.74, 6) is 0.925. The van der Waals surface area contributed by atoms with E-state index >= 15 is 0 Å². The summed E-state index contributed by atoms with van der Waals surface area (Å²) in [5, 5.41) is 4.13. The molecule has 0 aromatic carbocycles. The Labute approximate surface area is 141 Å². The lowest BCUT2D eigenvalue weighted by molar-refractivity contribution is -0.131. The number of nitrogens with zero attached hydrogens (tertiary/aromatic N) is 5. The first-order valence-corrected chi connectivity index (χ1v) is 8.75. The Hall–Kier alpha value is -2.15. The van der Waals surface area contributed by atoms with Crippen LogP contribution >= 0.6 is 0 Å². The van der Waals surface area contributed by atoms with Gasteiger partial charge in [0.25, 0.3) is 0 Å². The highest BCUT2D eigenvalue weighted by Gasteiger charge is 2.25. The Kier molecular flexibility index (Phi) is 4.34. The zero-order valence-corrected chi connectivity index (χ0v) is 13.8. The highest BCUT2D eigenvalue weighted by atomic mass is 16.5. The fourth-order valence-electron chi connectivity index (χ4n) is 3.47. The Bertz CT molecular complexity index is 702. The number of fused-ring (bicyclic) bond motifs is 1. The first-order chi connectivity index (χ1) is 11.8. The van der Waals surface area contributed by atoms with Gasteiger partial charge in [0.05, 0.1) is 12.7 Å². The van der Waals surface area contributed by atoms with Gasteiger partial charge in [0.1, 0.15) is 6.10 Å². The zero-order chi connectivity index (χ0) is 16.4. The summed E-state index contributed by atoms with van der Waals surface area (Å²) in [5.41, 5.74) is 0.793. The SMILES string of the molecule is O=C(CN1CCC(Oc2ccn3nccc3n2)CC1)N1CCCC1. The summed E-state index contributed by atoms with van der Waals surface area (Å²) in [6, 6.07) is 3.71. The molecule has 0 N–H and O–H groups in total. The summed E-state index contributed by atoms with van der Waals surface area (Å²) in [4.78, 5) is 20.9. The average molecular weight is 329 g/mol. The maximum Gasteiger partial charge on any atom is 0.236 e. The molecule has 2 saturated heterocycles. The van der Waals surface area contributed by atoms with E-state index in [2.05, 4.69) is 15.0 Å². The number of carbonyl (C=O) groups excluding carboxylic acids is 1. The van der Waals surface area contributed by atoms with Crippen molar-refractivity contribution in [3.05, 3.63) is 24.5 Å². The first kappa shape index (κ1) is 15.4. The standard InChI is InChI=1S/C17H23N5O2/c23-17(21-8-1-2-9-21)13-20-10-4-14(5-11-20)24-16-6-12-22-15(19-16)3-7-18-22/h3,6-7,12,14H,1-2,4-5,8-11,13H2. The molecule has 1 amide bonds. The van der Waals surface area contributed by atoms with Crippen molar-refractivity contribution in [2.24, 2.45) is 0 Å². The maximum absolute atomic E-state index is 12.2. The summed E-state index contributed by atoms with van der Waals surface area (Å²) >= 11 is 0. The van der Waals surface area contributed by atoms with Gasteiger partial charge in [-0.25, -0.2) is 4.52 Å². The molecule has 0 unspecified atom stereocenters. The quantitative estimate of drug-likeness (QED) is 0.843. The van der Waals surface area contributed by atoms with Crippen molar-refractivity contribution in [1.82, 2.24) is 24.4 Å². The van der Waals surface area contributed by atoms with Gasteiger partial charge >= 0.3 is 0 Å². The van der Waals surface area contributed by atoms with Gasteiger partial charge in [-0.2, -0.15) is 10.1 Å². The Balaban J connectivity index is 1.27. The van der Waals surface area contributed by atoms with E-state index in [0.29, 0.717) is 12.4 Å². The second-order valence-corrected chi connectivity index (χ2v) is 6.58. The fraction of sp³-hybridized carbons (Fsp3) is 0.588. The lowest BCUT2D eigenvalue weighted by atomic mass is 10.1. The summed E-state index contributed by atoms with van der Waals surface area (Å²) in [6.07, 6.45) is 7.91. The Morgan fingerprint density at radius 1 is 1.17 bits per heavy atom. The molecular weight excluding hydrogens is 306 g/mol. The monoisotopic (exact) mass is 329 g/mol. The predicted octanol–water partition coefficient (Wildman–Crippen LogP) is 1.19. The molecule has 2 aromatic rings. The molecule has 2 aliphatic heterocycles. The minimum absolute atomic E-state index is 0.168. The molecule has 2 aromatic heterocycles. The molecule has 24 heavy (non-hydrogen) atoms. The first-order valence-electron chi connectivity index (χ1n) is 8.75. The Morgan fingerprint density at radius 2 is 1.96 bits per heavy atom. The maximum atomic E-state index is 12.2. The predicted molar refractivity (Wildman–Crippen MR) is 88.9 cm³/mol. The number of aromatic nitrogens is 3. The van der Waals surface area contributed by atoms with Crippen LogP contribution in [0.3, 0.4) is 0 Å². The van der Waals surface area contributed by atoms with Crippen molar-refractivity contribution < 1.29 is 9.53 Å². The number of piperidine rings is 1. The van der Waals surface area contributed by atoms with E-state index < -0.39 is 0 Å². The van der Waals surface area contributed by atoms with E-state index in [9.17, 15) is 4.79 Å². The average Bonchev–Trinajstić information content (AvgIpc) is 3.27. The van der Waals surface area contributed by atoms with Crippen LogP contribution in [0, 0.1) is 0 Å². The van der Waals surface area contributed by atoms with E-state index in [4.69, 9.17) is 4.74 Å². The topological polar surface area (TPSA) is 63.0 Å². The fourth-order valence-corrected chi connectivity index (χ4v) is 3.47. The lowest BCUT2D eigenvalue weighted by Crippen LogP contribution is -2.44. The number of hydrogen-bond acceptors (Lipinski definition) is 5. The zero-order valence-electron chi connectivity index (χ0n) is 13.8. The molecule has 0 spiro atoms. The molecule has 0 atom stereocenters. The van der Waals surface area contributed by atoms with Crippen LogP contribution in [0.1, 0.15) is 25.7 Å². The highest BCUT2D eigenvalue weighted by Crippen LogP contribution is 2.18. The molecule has 0 radical (unpaired) electrons. The number of hydrogen-bond donors (Lipinski definition) is 0. The summed E-state index contributed by atoms with van der Waals surface area (Å²) in [6.45, 7) is 4.22. The van der Waals surface area contributed by atoms with Gasteiger partial charge < -0.3 is 9.64 Å². The van der Waals surface area contributed by atoms with Crippen LogP contribution in [0.2, 0.25) is 0 Å². The van der Waals surface area contributed by atoms with Crippen LogP contribution < -0.4 is 4.74 Å². The smallest absolute Gasteiger partial charge is 0.236 e. The third kappa shape index (κ3) is 3.36. The van der Waals surface area contributed by atoms with Gasteiger partial charge in [0.2, 0.25) is 11.8 Å². The Morgan fingerprint density at radius 3 is 2.75 bits per heavy atom. The number of rotatable bonds is 4. The number of carbonyl (C=O) groups is 1. The van der Waals surface area contributed by atoms with Gasteiger partial charge in [0.15, 0.2) is 5.65 Å². The van der Waals surface area contributed by atoms with Gasteiger partial charge in [0, 0.05) is 44.5 Å². The van der Waals surface area contributed by atoms with Crippen LogP contribution in [0.15, 0.2) is 24.5 Å². The minimum Gasteiger partial charge on any atom is -0.474 e. The van der Waals surface area contributed by atoms with Crippen molar-refractivity contribution >= 4 is 11.6 Å². The van der Waals surface area contributed by atoms with Gasteiger partial charge in [-0.05, 0) is 25.7 Å². The lowest BCUT2D eigenvalue weighted by Gasteiger charge is -2.32. The van der Waals surface area contributed by atoms with E-state index in [1.54, 1.807) is 10.7 Å². The van der Waals surface area contributed by atoms with E-state index in [0.717, 1.165) is 57.5 Å². The second kappa shape index (κ2) is 6.76. The highest BCUT2D eigenvalue weighted by molar-refractivity contribution is 5.78. The van der Waals surface area contributed by atoms with Crippen molar-refractivity contribution in [3.63, 3.8) is 0 Å². The van der Waals surface area contributed by atoms with Gasteiger partial charge in [-0.15, -0.1) is 0 Å². The number of likely N-dealkylation sites (tertiary alicyclic amines) is 2. The van der Waals surface area contributed by atoms with Crippen LogP contribution in [0.5, 0.6) is 5.88 Å².